The molecule has 0 aromatic heterocycles. The second-order valence-electron chi connectivity index (χ2n) is 5.88. The fraction of sp³-hybridized carbons (Fsp3) is 0.136. The number of benzene rings is 3. The van der Waals surface area contributed by atoms with E-state index in [9.17, 15) is 4.79 Å². The number of rotatable bonds is 7. The standard InChI is InChI=1S/C22H21NO3/c1-25-15-18-7-9-19(10-8-18)22(24)23-20-11-13-21(14-12-20)26-16-17-5-3-2-4-6-17/h2-14H,15-16H2,1H3,(H,23,24). The van der Waals surface area contributed by atoms with Crippen LogP contribution in [0.2, 0.25) is 0 Å². The first kappa shape index (κ1) is 17.7. The average molecular weight is 347 g/mol. The Labute approximate surface area is 153 Å². The summed E-state index contributed by atoms with van der Waals surface area (Å²) in [5, 5.41) is 2.88. The molecule has 4 nitrogen and oxygen atoms in total. The maximum absolute atomic E-state index is 12.3. The summed E-state index contributed by atoms with van der Waals surface area (Å²) in [6.07, 6.45) is 0. The zero-order valence-electron chi connectivity index (χ0n) is 14.6. The van der Waals surface area contributed by atoms with Crippen LogP contribution in [0.4, 0.5) is 5.69 Å². The number of methoxy groups -OCH3 is 1. The lowest BCUT2D eigenvalue weighted by molar-refractivity contribution is 0.102. The van der Waals surface area contributed by atoms with Gasteiger partial charge in [-0.05, 0) is 47.5 Å². The predicted molar refractivity (Wildman–Crippen MR) is 102 cm³/mol. The molecule has 26 heavy (non-hydrogen) atoms. The second kappa shape index (κ2) is 8.83. The van der Waals surface area contributed by atoms with Crippen molar-refractivity contribution in [1.82, 2.24) is 0 Å². The lowest BCUT2D eigenvalue weighted by Gasteiger charge is -2.09. The highest BCUT2D eigenvalue weighted by molar-refractivity contribution is 6.04. The van der Waals surface area contributed by atoms with Crippen LogP contribution in [0.25, 0.3) is 0 Å². The first-order valence-electron chi connectivity index (χ1n) is 8.40. The molecule has 132 valence electrons. The van der Waals surface area contributed by atoms with Gasteiger partial charge in [0, 0.05) is 18.4 Å². The Kier molecular flexibility index (Phi) is 6.01. The number of hydrogen-bond donors (Lipinski definition) is 1. The molecule has 3 aromatic carbocycles. The maximum Gasteiger partial charge on any atom is 0.255 e. The van der Waals surface area contributed by atoms with E-state index in [2.05, 4.69) is 5.32 Å². The van der Waals surface area contributed by atoms with E-state index in [1.807, 2.05) is 66.7 Å². The Morgan fingerprint density at radius 3 is 2.12 bits per heavy atom. The third-order valence-corrected chi connectivity index (χ3v) is 3.89. The average Bonchev–Trinajstić information content (AvgIpc) is 2.69. The van der Waals surface area contributed by atoms with Gasteiger partial charge >= 0.3 is 0 Å². The number of nitrogens with one attached hydrogen (secondary N) is 1. The topological polar surface area (TPSA) is 47.6 Å². The van der Waals surface area contributed by atoms with Crippen molar-refractivity contribution < 1.29 is 14.3 Å². The molecule has 0 atom stereocenters. The van der Waals surface area contributed by atoms with Gasteiger partial charge in [-0.2, -0.15) is 0 Å². The van der Waals surface area contributed by atoms with Crippen molar-refractivity contribution in [2.24, 2.45) is 0 Å². The van der Waals surface area contributed by atoms with Gasteiger partial charge in [0.2, 0.25) is 0 Å². The Hall–Kier alpha value is -3.11. The van der Waals surface area contributed by atoms with Gasteiger partial charge in [-0.15, -0.1) is 0 Å². The zero-order chi connectivity index (χ0) is 18.2. The van der Waals surface area contributed by atoms with Crippen LogP contribution in [0.5, 0.6) is 5.75 Å². The van der Waals surface area contributed by atoms with Crippen LogP contribution >= 0.6 is 0 Å². The minimum absolute atomic E-state index is 0.146. The summed E-state index contributed by atoms with van der Waals surface area (Å²) >= 11 is 0. The highest BCUT2D eigenvalue weighted by Gasteiger charge is 2.06. The van der Waals surface area contributed by atoms with E-state index in [0.717, 1.165) is 22.6 Å². The molecular weight excluding hydrogens is 326 g/mol. The lowest BCUT2D eigenvalue weighted by atomic mass is 10.1. The van der Waals surface area contributed by atoms with Gasteiger partial charge in [0.25, 0.3) is 5.91 Å². The molecule has 0 spiro atoms. The van der Waals surface area contributed by atoms with Gasteiger partial charge in [-0.1, -0.05) is 42.5 Å². The summed E-state index contributed by atoms with van der Waals surface area (Å²) < 4.78 is 10.8. The first-order valence-corrected chi connectivity index (χ1v) is 8.40. The van der Waals surface area contributed by atoms with E-state index in [1.165, 1.54) is 0 Å². The van der Waals surface area contributed by atoms with Gasteiger partial charge < -0.3 is 14.8 Å². The van der Waals surface area contributed by atoms with Crippen molar-refractivity contribution in [3.05, 3.63) is 95.6 Å². The van der Waals surface area contributed by atoms with Crippen LogP contribution in [-0.4, -0.2) is 13.0 Å². The molecule has 1 N–H and O–H groups in total. The van der Waals surface area contributed by atoms with Crippen molar-refractivity contribution in [1.29, 1.82) is 0 Å². The zero-order valence-corrected chi connectivity index (χ0v) is 14.6. The SMILES string of the molecule is COCc1ccc(C(=O)Nc2ccc(OCc3ccccc3)cc2)cc1. The van der Waals surface area contributed by atoms with E-state index >= 15 is 0 Å². The molecule has 4 heteroatoms. The van der Waals surface area contributed by atoms with Crippen LogP contribution in [0.15, 0.2) is 78.9 Å². The van der Waals surface area contributed by atoms with Crippen LogP contribution in [-0.2, 0) is 18.0 Å². The van der Waals surface area contributed by atoms with E-state index in [-0.39, 0.29) is 5.91 Å². The lowest BCUT2D eigenvalue weighted by Crippen LogP contribution is -2.11. The Morgan fingerprint density at radius 1 is 0.808 bits per heavy atom. The van der Waals surface area contributed by atoms with Crippen molar-refractivity contribution in [2.75, 3.05) is 12.4 Å². The smallest absolute Gasteiger partial charge is 0.255 e. The summed E-state index contributed by atoms with van der Waals surface area (Å²) in [6, 6.07) is 24.7. The first-order chi connectivity index (χ1) is 12.7. The summed E-state index contributed by atoms with van der Waals surface area (Å²) in [4.78, 5) is 12.3. The molecule has 0 bridgehead atoms. The van der Waals surface area contributed by atoms with Crippen molar-refractivity contribution in [2.45, 2.75) is 13.2 Å². The highest BCUT2D eigenvalue weighted by atomic mass is 16.5. The molecule has 0 radical (unpaired) electrons. The highest BCUT2D eigenvalue weighted by Crippen LogP contribution is 2.18. The molecule has 3 rings (SSSR count). The molecular formula is C22H21NO3. The minimum atomic E-state index is -0.146. The molecule has 0 heterocycles. The largest absolute Gasteiger partial charge is 0.489 e. The van der Waals surface area contributed by atoms with Gasteiger partial charge in [0.05, 0.1) is 6.61 Å². The molecule has 0 saturated carbocycles. The van der Waals surface area contributed by atoms with Gasteiger partial charge in [0.15, 0.2) is 0 Å². The van der Waals surface area contributed by atoms with Gasteiger partial charge in [0.1, 0.15) is 12.4 Å². The van der Waals surface area contributed by atoms with Crippen LogP contribution in [0.3, 0.4) is 0 Å². The molecule has 0 aliphatic carbocycles. The molecule has 0 aliphatic heterocycles. The van der Waals surface area contributed by atoms with Crippen LogP contribution in [0, 0.1) is 0 Å². The third-order valence-electron chi connectivity index (χ3n) is 3.89. The monoisotopic (exact) mass is 347 g/mol. The minimum Gasteiger partial charge on any atom is -0.489 e. The second-order valence-corrected chi connectivity index (χ2v) is 5.88. The van der Waals surface area contributed by atoms with Gasteiger partial charge in [-0.3, -0.25) is 4.79 Å². The number of carbonyl (C=O) groups is 1. The molecule has 0 fully saturated rings. The summed E-state index contributed by atoms with van der Waals surface area (Å²) in [7, 11) is 1.65. The fourth-order valence-corrected chi connectivity index (χ4v) is 2.50. The van der Waals surface area contributed by atoms with Gasteiger partial charge in [-0.25, -0.2) is 0 Å². The Bertz CT molecular complexity index is 828. The maximum atomic E-state index is 12.3. The van der Waals surface area contributed by atoms with Crippen molar-refractivity contribution in [3.63, 3.8) is 0 Å². The van der Waals surface area contributed by atoms with Crippen molar-refractivity contribution >= 4 is 11.6 Å². The number of anilines is 1. The number of amides is 1. The van der Waals surface area contributed by atoms with Crippen LogP contribution in [0.1, 0.15) is 21.5 Å². The van der Waals surface area contributed by atoms with E-state index < -0.39 is 0 Å². The number of ether oxygens (including phenoxy) is 2. The van der Waals surface area contributed by atoms with E-state index in [1.54, 1.807) is 19.2 Å². The molecule has 1 amide bonds. The molecule has 0 saturated heterocycles. The number of hydrogen-bond acceptors (Lipinski definition) is 3. The molecule has 0 aliphatic rings. The summed E-state index contributed by atoms with van der Waals surface area (Å²) in [6.45, 7) is 1.05. The molecule has 0 unspecified atom stereocenters. The third kappa shape index (κ3) is 4.94. The van der Waals surface area contributed by atoms with Crippen molar-refractivity contribution in [3.8, 4) is 5.75 Å². The quantitative estimate of drug-likeness (QED) is 0.676. The molecule has 3 aromatic rings. The Morgan fingerprint density at radius 2 is 1.46 bits per heavy atom. The van der Waals surface area contributed by atoms with E-state index in [0.29, 0.717) is 18.8 Å². The van der Waals surface area contributed by atoms with E-state index in [4.69, 9.17) is 9.47 Å². The normalized spacial score (nSPS) is 10.3. The predicted octanol–water partition coefficient (Wildman–Crippen LogP) is 4.66. The number of carbonyl (C=O) groups excluding carboxylic acids is 1. The van der Waals surface area contributed by atoms with Crippen LogP contribution < -0.4 is 10.1 Å². The fourth-order valence-electron chi connectivity index (χ4n) is 2.50. The summed E-state index contributed by atoms with van der Waals surface area (Å²) in [5.41, 5.74) is 3.48. The Balaban J connectivity index is 1.55. The summed E-state index contributed by atoms with van der Waals surface area (Å²) in [5.74, 6) is 0.614.